The predicted molar refractivity (Wildman–Crippen MR) is 154 cm³/mol. The van der Waals surface area contributed by atoms with E-state index in [0.717, 1.165) is 80.0 Å². The molecular weight excluding hydrogens is 503 g/mol. The van der Waals surface area contributed by atoms with E-state index in [0.29, 0.717) is 11.8 Å². The number of halogens is 2. The van der Waals surface area contributed by atoms with Gasteiger partial charge in [-0.2, -0.15) is 0 Å². The van der Waals surface area contributed by atoms with Gasteiger partial charge in [-0.3, -0.25) is 0 Å². The molecule has 0 spiro atoms. The van der Waals surface area contributed by atoms with Crippen LogP contribution in [-0.4, -0.2) is 13.2 Å². The third-order valence-electron chi connectivity index (χ3n) is 7.44. The molecule has 6 rings (SSSR count). The average Bonchev–Trinajstić information content (AvgIpc) is 3.44. The van der Waals surface area contributed by atoms with E-state index in [1.54, 1.807) is 0 Å². The number of fused-ring (bicyclic) bond motifs is 6. The van der Waals surface area contributed by atoms with E-state index < -0.39 is 0 Å². The molecule has 0 saturated heterocycles. The number of furan rings is 2. The number of hydrogen-bond acceptors (Lipinski definition) is 3. The van der Waals surface area contributed by atoms with E-state index in [1.165, 1.54) is 11.1 Å². The molecule has 188 valence electrons. The van der Waals surface area contributed by atoms with Crippen molar-refractivity contribution in [1.82, 2.24) is 0 Å². The molecule has 0 saturated carbocycles. The van der Waals surface area contributed by atoms with E-state index in [2.05, 4.69) is 50.2 Å². The standard InChI is InChI=1S/C32H28Cl2O3/c1-19(21-3-7-29-25(15-21)27-17-23(33)5-9-31(27)36-29)11-13-35-14-12-20(2)22-4-8-30-26(16-22)28-18-24(34)6-10-32(28)37-30/h3-10,15-20H,11-14H2,1-2H3. The van der Waals surface area contributed by atoms with Gasteiger partial charge in [0.15, 0.2) is 0 Å². The van der Waals surface area contributed by atoms with Gasteiger partial charge in [-0.05, 0) is 96.5 Å². The van der Waals surface area contributed by atoms with Gasteiger partial charge in [0.2, 0.25) is 0 Å². The van der Waals surface area contributed by atoms with Crippen LogP contribution in [0.4, 0.5) is 0 Å². The Kier molecular flexibility index (Phi) is 6.62. The molecule has 0 amide bonds. The van der Waals surface area contributed by atoms with Crippen molar-refractivity contribution in [2.45, 2.75) is 38.5 Å². The van der Waals surface area contributed by atoms with Gasteiger partial charge in [0.25, 0.3) is 0 Å². The monoisotopic (exact) mass is 530 g/mol. The molecule has 2 unspecified atom stereocenters. The topological polar surface area (TPSA) is 35.5 Å². The minimum atomic E-state index is 0.384. The summed E-state index contributed by atoms with van der Waals surface area (Å²) in [7, 11) is 0. The van der Waals surface area contributed by atoms with Crippen molar-refractivity contribution >= 4 is 67.1 Å². The quantitative estimate of drug-likeness (QED) is 0.183. The van der Waals surface area contributed by atoms with E-state index in [-0.39, 0.29) is 0 Å². The van der Waals surface area contributed by atoms with Crippen LogP contribution in [0, 0.1) is 0 Å². The summed E-state index contributed by atoms with van der Waals surface area (Å²) >= 11 is 12.4. The van der Waals surface area contributed by atoms with Crippen LogP contribution in [0.15, 0.2) is 81.6 Å². The molecule has 0 aliphatic carbocycles. The Hall–Kier alpha value is -2.98. The highest BCUT2D eigenvalue weighted by molar-refractivity contribution is 6.32. The van der Waals surface area contributed by atoms with Crippen molar-refractivity contribution in [1.29, 1.82) is 0 Å². The maximum Gasteiger partial charge on any atom is 0.135 e. The minimum Gasteiger partial charge on any atom is -0.456 e. The van der Waals surface area contributed by atoms with Crippen molar-refractivity contribution in [3.05, 3.63) is 94.0 Å². The maximum atomic E-state index is 6.22. The Balaban J connectivity index is 1.05. The van der Waals surface area contributed by atoms with Crippen LogP contribution in [0.3, 0.4) is 0 Å². The summed E-state index contributed by atoms with van der Waals surface area (Å²) in [6, 6.07) is 24.4. The van der Waals surface area contributed by atoms with Crippen LogP contribution in [-0.2, 0) is 4.74 Å². The van der Waals surface area contributed by atoms with Crippen LogP contribution < -0.4 is 0 Å². The highest BCUT2D eigenvalue weighted by atomic mass is 35.5. The lowest BCUT2D eigenvalue weighted by atomic mass is 9.96. The van der Waals surface area contributed by atoms with Gasteiger partial charge in [-0.15, -0.1) is 0 Å². The van der Waals surface area contributed by atoms with E-state index >= 15 is 0 Å². The number of ether oxygens (including phenoxy) is 1. The third kappa shape index (κ3) is 4.84. The van der Waals surface area contributed by atoms with E-state index in [9.17, 15) is 0 Å². The lowest BCUT2D eigenvalue weighted by Crippen LogP contribution is -2.05. The first-order chi connectivity index (χ1) is 18.0. The van der Waals surface area contributed by atoms with Crippen LogP contribution in [0.25, 0.3) is 43.9 Å². The lowest BCUT2D eigenvalue weighted by molar-refractivity contribution is 0.122. The van der Waals surface area contributed by atoms with Crippen molar-refractivity contribution < 1.29 is 13.6 Å². The molecule has 0 bridgehead atoms. The van der Waals surface area contributed by atoms with Crippen LogP contribution >= 0.6 is 23.2 Å². The van der Waals surface area contributed by atoms with Crippen molar-refractivity contribution in [2.75, 3.05) is 13.2 Å². The predicted octanol–water partition coefficient (Wildman–Crippen LogP) is 10.5. The van der Waals surface area contributed by atoms with Crippen molar-refractivity contribution in [2.24, 2.45) is 0 Å². The second-order valence-corrected chi connectivity index (χ2v) is 10.9. The van der Waals surface area contributed by atoms with E-state index in [4.69, 9.17) is 36.8 Å². The number of hydrogen-bond donors (Lipinski definition) is 0. The summed E-state index contributed by atoms with van der Waals surface area (Å²) in [6.07, 6.45) is 1.92. The summed E-state index contributed by atoms with van der Waals surface area (Å²) in [4.78, 5) is 0. The first-order valence-corrected chi connectivity index (χ1v) is 13.5. The molecule has 4 aromatic carbocycles. The average molecular weight is 531 g/mol. The first-order valence-electron chi connectivity index (χ1n) is 12.8. The molecule has 0 N–H and O–H groups in total. The van der Waals surface area contributed by atoms with Crippen LogP contribution in [0.2, 0.25) is 10.0 Å². The highest BCUT2D eigenvalue weighted by Crippen LogP contribution is 2.35. The summed E-state index contributed by atoms with van der Waals surface area (Å²) in [5, 5.41) is 5.79. The van der Waals surface area contributed by atoms with Gasteiger partial charge in [-0.1, -0.05) is 49.2 Å². The molecule has 0 fully saturated rings. The Labute approximate surface area is 225 Å². The van der Waals surface area contributed by atoms with Crippen LogP contribution in [0.5, 0.6) is 0 Å². The molecule has 0 aliphatic heterocycles. The zero-order chi connectivity index (χ0) is 25.5. The molecule has 6 aromatic rings. The third-order valence-corrected chi connectivity index (χ3v) is 7.91. The summed E-state index contributed by atoms with van der Waals surface area (Å²) in [5.74, 6) is 0.768. The smallest absolute Gasteiger partial charge is 0.135 e. The molecule has 2 atom stereocenters. The molecule has 3 nitrogen and oxygen atoms in total. The zero-order valence-electron chi connectivity index (χ0n) is 20.9. The minimum absolute atomic E-state index is 0.384. The molecule has 37 heavy (non-hydrogen) atoms. The van der Waals surface area contributed by atoms with Gasteiger partial charge in [0, 0.05) is 44.8 Å². The Bertz CT molecular complexity index is 1600. The van der Waals surface area contributed by atoms with Crippen LogP contribution in [0.1, 0.15) is 49.7 Å². The fourth-order valence-electron chi connectivity index (χ4n) is 5.10. The number of benzene rings is 4. The molecule has 5 heteroatoms. The van der Waals surface area contributed by atoms with Gasteiger partial charge in [0.05, 0.1) is 0 Å². The molecule has 2 heterocycles. The SMILES string of the molecule is CC(CCOCCC(C)c1ccc2oc3ccc(Cl)cc3c2c1)c1ccc2oc3ccc(Cl)cc3c2c1. The summed E-state index contributed by atoms with van der Waals surface area (Å²) in [5.41, 5.74) is 6.09. The van der Waals surface area contributed by atoms with Gasteiger partial charge >= 0.3 is 0 Å². The summed E-state index contributed by atoms with van der Waals surface area (Å²) in [6.45, 7) is 5.96. The molecular formula is C32H28Cl2O3. The highest BCUT2D eigenvalue weighted by Gasteiger charge is 2.14. The number of rotatable bonds is 8. The van der Waals surface area contributed by atoms with Gasteiger partial charge in [0.1, 0.15) is 22.3 Å². The molecule has 2 aromatic heterocycles. The Morgan fingerprint density at radius 2 is 0.946 bits per heavy atom. The first kappa shape index (κ1) is 24.4. The second kappa shape index (κ2) is 10.1. The Morgan fingerprint density at radius 1 is 0.568 bits per heavy atom. The van der Waals surface area contributed by atoms with Crippen molar-refractivity contribution in [3.63, 3.8) is 0 Å². The van der Waals surface area contributed by atoms with Gasteiger partial charge < -0.3 is 13.6 Å². The van der Waals surface area contributed by atoms with Gasteiger partial charge in [-0.25, -0.2) is 0 Å². The maximum absolute atomic E-state index is 6.22. The van der Waals surface area contributed by atoms with E-state index in [1.807, 2.05) is 36.4 Å². The normalized spacial score (nSPS) is 13.7. The second-order valence-electron chi connectivity index (χ2n) is 9.99. The lowest BCUT2D eigenvalue weighted by Gasteiger charge is -2.15. The van der Waals surface area contributed by atoms with Crippen molar-refractivity contribution in [3.8, 4) is 0 Å². The zero-order valence-corrected chi connectivity index (χ0v) is 22.4. The molecule has 0 aliphatic rings. The molecule has 0 radical (unpaired) electrons. The Morgan fingerprint density at radius 3 is 1.38 bits per heavy atom. The fourth-order valence-corrected chi connectivity index (χ4v) is 5.45. The summed E-state index contributed by atoms with van der Waals surface area (Å²) < 4.78 is 18.0. The fraction of sp³-hybridized carbons (Fsp3) is 0.250. The largest absolute Gasteiger partial charge is 0.456 e.